The predicted molar refractivity (Wildman–Crippen MR) is 114 cm³/mol. The highest BCUT2D eigenvalue weighted by Crippen LogP contribution is 2.37. The molecule has 27 heavy (non-hydrogen) atoms. The molecule has 1 aliphatic heterocycles. The van der Waals surface area contributed by atoms with Gasteiger partial charge in [0.1, 0.15) is 10.6 Å². The Bertz CT molecular complexity index is 962. The summed E-state index contributed by atoms with van der Waals surface area (Å²) in [7, 11) is 1.61. The lowest BCUT2D eigenvalue weighted by Gasteiger charge is -2.28. The summed E-state index contributed by atoms with van der Waals surface area (Å²) in [5, 5.41) is 4.26. The summed E-state index contributed by atoms with van der Waals surface area (Å²) in [4.78, 5) is 15.6. The average molecular weight is 401 g/mol. The van der Waals surface area contributed by atoms with Crippen molar-refractivity contribution in [2.75, 3.05) is 30.4 Å². The van der Waals surface area contributed by atoms with Crippen LogP contribution in [0.3, 0.4) is 0 Å². The van der Waals surface area contributed by atoms with E-state index in [1.165, 1.54) is 36.3 Å². The van der Waals surface area contributed by atoms with Crippen LogP contribution in [-0.4, -0.2) is 26.1 Å². The third kappa shape index (κ3) is 3.75. The predicted octanol–water partition coefficient (Wildman–Crippen LogP) is 5.81. The summed E-state index contributed by atoms with van der Waals surface area (Å²) < 4.78 is 6.21. The van der Waals surface area contributed by atoms with Crippen LogP contribution in [0.4, 0.5) is 11.4 Å². The van der Waals surface area contributed by atoms with Crippen molar-refractivity contribution in [2.45, 2.75) is 19.3 Å². The Morgan fingerprint density at radius 3 is 2.56 bits per heavy atom. The van der Waals surface area contributed by atoms with Gasteiger partial charge in [0.25, 0.3) is 5.91 Å². The molecule has 1 fully saturated rings. The van der Waals surface area contributed by atoms with Crippen molar-refractivity contribution in [1.82, 2.24) is 0 Å². The summed E-state index contributed by atoms with van der Waals surface area (Å²) >= 11 is 7.85. The van der Waals surface area contributed by atoms with Crippen molar-refractivity contribution in [3.8, 4) is 5.75 Å². The molecule has 6 heteroatoms. The zero-order chi connectivity index (χ0) is 18.8. The molecule has 1 N–H and O–H groups in total. The van der Waals surface area contributed by atoms with Crippen LogP contribution in [0.5, 0.6) is 5.75 Å². The van der Waals surface area contributed by atoms with E-state index >= 15 is 0 Å². The molecule has 4 rings (SSSR count). The van der Waals surface area contributed by atoms with Crippen LogP contribution in [0.2, 0.25) is 5.02 Å². The van der Waals surface area contributed by atoms with Gasteiger partial charge in [0.2, 0.25) is 0 Å². The van der Waals surface area contributed by atoms with Crippen molar-refractivity contribution in [1.29, 1.82) is 0 Å². The van der Waals surface area contributed by atoms with Crippen molar-refractivity contribution < 1.29 is 9.53 Å². The molecule has 0 radical (unpaired) electrons. The maximum atomic E-state index is 12.7. The number of carbonyl (C=O) groups is 1. The quantitative estimate of drug-likeness (QED) is 0.601. The van der Waals surface area contributed by atoms with Gasteiger partial charge in [0.05, 0.1) is 12.1 Å². The zero-order valence-electron chi connectivity index (χ0n) is 15.1. The zero-order valence-corrected chi connectivity index (χ0v) is 16.7. The van der Waals surface area contributed by atoms with E-state index in [2.05, 4.69) is 22.3 Å². The second-order valence-corrected chi connectivity index (χ2v) is 8.09. The van der Waals surface area contributed by atoms with Gasteiger partial charge in [0, 0.05) is 34.6 Å². The third-order valence-corrected chi connectivity index (χ3v) is 6.56. The minimum absolute atomic E-state index is 0.189. The van der Waals surface area contributed by atoms with Gasteiger partial charge in [0.15, 0.2) is 0 Å². The standard InChI is InChI=1S/C21H21ClN2O2S/c1-26-16-9-10-18-17(13-16)19(22)20(27-18)21(25)23-14-5-7-15(8-6-14)24-11-3-2-4-12-24/h5-10,13H,2-4,11-12H2,1H3,(H,23,25). The number of carbonyl (C=O) groups excluding carboxylic acids is 1. The second kappa shape index (κ2) is 7.79. The van der Waals surface area contributed by atoms with E-state index in [9.17, 15) is 4.79 Å². The molecule has 1 saturated heterocycles. The summed E-state index contributed by atoms with van der Waals surface area (Å²) in [5.41, 5.74) is 1.98. The third-order valence-electron chi connectivity index (χ3n) is 4.89. The number of thiophene rings is 1. The number of hydrogen-bond acceptors (Lipinski definition) is 4. The molecule has 3 aromatic rings. The fourth-order valence-corrected chi connectivity index (χ4v) is 4.80. The number of methoxy groups -OCH3 is 1. The molecule has 1 amide bonds. The minimum Gasteiger partial charge on any atom is -0.497 e. The lowest BCUT2D eigenvalue weighted by atomic mass is 10.1. The lowest BCUT2D eigenvalue weighted by molar-refractivity contribution is 0.103. The maximum absolute atomic E-state index is 12.7. The van der Waals surface area contributed by atoms with Crippen LogP contribution in [0.15, 0.2) is 42.5 Å². The molecule has 0 spiro atoms. The largest absolute Gasteiger partial charge is 0.497 e. The smallest absolute Gasteiger partial charge is 0.267 e. The molecule has 0 saturated carbocycles. The van der Waals surface area contributed by atoms with Crippen LogP contribution >= 0.6 is 22.9 Å². The van der Waals surface area contributed by atoms with E-state index in [-0.39, 0.29) is 5.91 Å². The topological polar surface area (TPSA) is 41.6 Å². The normalized spacial score (nSPS) is 14.4. The van der Waals surface area contributed by atoms with Crippen molar-refractivity contribution >= 4 is 50.3 Å². The maximum Gasteiger partial charge on any atom is 0.267 e. The van der Waals surface area contributed by atoms with Gasteiger partial charge in [-0.05, 0) is 61.7 Å². The van der Waals surface area contributed by atoms with Crippen LogP contribution in [0, 0.1) is 0 Å². The summed E-state index contributed by atoms with van der Waals surface area (Å²) in [6, 6.07) is 13.7. The Balaban J connectivity index is 1.52. The average Bonchev–Trinajstić information content (AvgIpc) is 3.05. The number of ether oxygens (including phenoxy) is 1. The van der Waals surface area contributed by atoms with Gasteiger partial charge in [-0.2, -0.15) is 0 Å². The molecule has 140 valence electrons. The van der Waals surface area contributed by atoms with Crippen LogP contribution in [-0.2, 0) is 0 Å². The molecule has 1 aromatic heterocycles. The van der Waals surface area contributed by atoms with E-state index in [1.807, 2.05) is 30.3 Å². The van der Waals surface area contributed by atoms with E-state index < -0.39 is 0 Å². The first-order valence-corrected chi connectivity index (χ1v) is 10.3. The molecule has 1 aliphatic rings. The van der Waals surface area contributed by atoms with Crippen molar-refractivity contribution in [3.63, 3.8) is 0 Å². The first-order chi connectivity index (χ1) is 13.2. The molecular weight excluding hydrogens is 380 g/mol. The highest BCUT2D eigenvalue weighted by Gasteiger charge is 2.18. The number of nitrogens with one attached hydrogen (secondary N) is 1. The number of piperidine rings is 1. The van der Waals surface area contributed by atoms with Crippen LogP contribution in [0.25, 0.3) is 10.1 Å². The SMILES string of the molecule is COc1ccc2sc(C(=O)Nc3ccc(N4CCCCC4)cc3)c(Cl)c2c1. The van der Waals surface area contributed by atoms with Crippen molar-refractivity contribution in [3.05, 3.63) is 52.4 Å². The van der Waals surface area contributed by atoms with Crippen LogP contribution < -0.4 is 15.0 Å². The highest BCUT2D eigenvalue weighted by atomic mass is 35.5. The number of benzene rings is 2. The molecular formula is C21H21ClN2O2S. The van der Waals surface area contributed by atoms with Gasteiger partial charge < -0.3 is 15.0 Å². The van der Waals surface area contributed by atoms with Crippen LogP contribution in [0.1, 0.15) is 28.9 Å². The van der Waals surface area contributed by atoms with Crippen molar-refractivity contribution in [2.24, 2.45) is 0 Å². The molecule has 0 unspecified atom stereocenters. The highest BCUT2D eigenvalue weighted by molar-refractivity contribution is 7.21. The fourth-order valence-electron chi connectivity index (χ4n) is 3.42. The first kappa shape index (κ1) is 18.1. The summed E-state index contributed by atoms with van der Waals surface area (Å²) in [6.45, 7) is 2.21. The van der Waals surface area contributed by atoms with E-state index in [1.54, 1.807) is 7.11 Å². The van der Waals surface area contributed by atoms with E-state index in [4.69, 9.17) is 16.3 Å². The Morgan fingerprint density at radius 1 is 1.11 bits per heavy atom. The monoisotopic (exact) mass is 400 g/mol. The Labute approximate surface area is 167 Å². The molecule has 4 nitrogen and oxygen atoms in total. The number of nitrogens with zero attached hydrogens (tertiary/aromatic N) is 1. The van der Waals surface area contributed by atoms with Gasteiger partial charge in [-0.3, -0.25) is 4.79 Å². The molecule has 0 aliphatic carbocycles. The van der Waals surface area contributed by atoms with E-state index in [0.717, 1.165) is 34.6 Å². The van der Waals surface area contributed by atoms with Gasteiger partial charge >= 0.3 is 0 Å². The number of amides is 1. The number of halogens is 1. The number of fused-ring (bicyclic) bond motifs is 1. The Hall–Kier alpha value is -2.24. The number of rotatable bonds is 4. The Kier molecular flexibility index (Phi) is 5.23. The van der Waals surface area contributed by atoms with Gasteiger partial charge in [-0.25, -0.2) is 0 Å². The Morgan fingerprint density at radius 2 is 1.85 bits per heavy atom. The summed E-state index contributed by atoms with van der Waals surface area (Å²) in [5.74, 6) is 0.536. The molecule has 2 heterocycles. The summed E-state index contributed by atoms with van der Waals surface area (Å²) in [6.07, 6.45) is 3.80. The molecule has 0 bridgehead atoms. The second-order valence-electron chi connectivity index (χ2n) is 6.66. The number of hydrogen-bond donors (Lipinski definition) is 1. The minimum atomic E-state index is -0.189. The fraction of sp³-hybridized carbons (Fsp3) is 0.286. The lowest BCUT2D eigenvalue weighted by Crippen LogP contribution is -2.29. The van der Waals surface area contributed by atoms with E-state index in [0.29, 0.717) is 9.90 Å². The van der Waals surface area contributed by atoms with Gasteiger partial charge in [-0.1, -0.05) is 11.6 Å². The first-order valence-electron chi connectivity index (χ1n) is 9.08. The van der Waals surface area contributed by atoms with Gasteiger partial charge in [-0.15, -0.1) is 11.3 Å². The molecule has 2 aromatic carbocycles. The molecule has 0 atom stereocenters. The number of anilines is 2.